The molecule has 4 heteroatoms. The van der Waals surface area contributed by atoms with E-state index < -0.39 is 0 Å². The largest absolute Gasteiger partial charge is 0.489 e. The second kappa shape index (κ2) is 6.94. The third-order valence-electron chi connectivity index (χ3n) is 3.85. The van der Waals surface area contributed by atoms with Crippen molar-refractivity contribution in [2.24, 2.45) is 5.92 Å². The van der Waals surface area contributed by atoms with Gasteiger partial charge in [-0.2, -0.15) is 5.10 Å². The van der Waals surface area contributed by atoms with E-state index in [0.29, 0.717) is 18.7 Å². The van der Waals surface area contributed by atoms with Gasteiger partial charge in [0, 0.05) is 18.6 Å². The van der Waals surface area contributed by atoms with Crippen LogP contribution in [-0.4, -0.2) is 29.0 Å². The van der Waals surface area contributed by atoms with Gasteiger partial charge in [0.1, 0.15) is 6.61 Å². The fourth-order valence-electron chi connectivity index (χ4n) is 2.73. The van der Waals surface area contributed by atoms with Crippen LogP contribution in [0.4, 0.5) is 0 Å². The van der Waals surface area contributed by atoms with Crippen molar-refractivity contribution in [1.29, 1.82) is 0 Å². The fraction of sp³-hybridized carbons (Fsp3) is 0.800. The Morgan fingerprint density at radius 3 is 3.00 bits per heavy atom. The maximum atomic E-state index is 5.71. The molecule has 1 aromatic rings. The number of ether oxygens (including phenoxy) is 1. The SMILES string of the molecule is CC1CCCC(NCCOc2cnn(C(C)C)c2)C1. The van der Waals surface area contributed by atoms with Gasteiger partial charge in [-0.25, -0.2) is 0 Å². The zero-order valence-electron chi connectivity index (χ0n) is 12.4. The summed E-state index contributed by atoms with van der Waals surface area (Å²) >= 11 is 0. The van der Waals surface area contributed by atoms with Crippen molar-refractivity contribution >= 4 is 0 Å². The summed E-state index contributed by atoms with van der Waals surface area (Å²) in [5.74, 6) is 1.74. The fourth-order valence-corrected chi connectivity index (χ4v) is 2.73. The molecule has 1 fully saturated rings. The molecule has 0 aromatic carbocycles. The van der Waals surface area contributed by atoms with Gasteiger partial charge in [0.05, 0.1) is 12.4 Å². The predicted octanol–water partition coefficient (Wildman–Crippen LogP) is 3.01. The maximum Gasteiger partial charge on any atom is 0.157 e. The molecule has 4 nitrogen and oxygen atoms in total. The summed E-state index contributed by atoms with van der Waals surface area (Å²) < 4.78 is 7.63. The lowest BCUT2D eigenvalue weighted by molar-refractivity contribution is 0.266. The van der Waals surface area contributed by atoms with Crippen molar-refractivity contribution in [3.63, 3.8) is 0 Å². The Morgan fingerprint density at radius 1 is 1.47 bits per heavy atom. The molecule has 0 amide bonds. The molecule has 2 atom stereocenters. The van der Waals surface area contributed by atoms with Gasteiger partial charge in [-0.05, 0) is 32.6 Å². The standard InChI is InChI=1S/C15H27N3O/c1-12(2)18-11-15(10-17-18)19-8-7-16-14-6-4-5-13(3)9-14/h10-14,16H,4-9H2,1-3H3. The summed E-state index contributed by atoms with van der Waals surface area (Å²) in [6.07, 6.45) is 9.14. The van der Waals surface area contributed by atoms with Gasteiger partial charge >= 0.3 is 0 Å². The molecule has 19 heavy (non-hydrogen) atoms. The molecule has 0 spiro atoms. The van der Waals surface area contributed by atoms with Crippen LogP contribution in [0.5, 0.6) is 5.75 Å². The topological polar surface area (TPSA) is 39.1 Å². The van der Waals surface area contributed by atoms with Gasteiger partial charge in [-0.3, -0.25) is 4.68 Å². The van der Waals surface area contributed by atoms with Crippen molar-refractivity contribution in [2.45, 2.75) is 58.5 Å². The van der Waals surface area contributed by atoms with E-state index in [9.17, 15) is 0 Å². The van der Waals surface area contributed by atoms with Crippen LogP contribution in [0.1, 0.15) is 52.5 Å². The monoisotopic (exact) mass is 265 g/mol. The first-order chi connectivity index (χ1) is 9.15. The summed E-state index contributed by atoms with van der Waals surface area (Å²) in [5, 5.41) is 7.87. The van der Waals surface area contributed by atoms with Crippen molar-refractivity contribution in [2.75, 3.05) is 13.2 Å². The average molecular weight is 265 g/mol. The minimum atomic E-state index is 0.388. The summed E-state index contributed by atoms with van der Waals surface area (Å²) in [5.41, 5.74) is 0. The third-order valence-corrected chi connectivity index (χ3v) is 3.85. The maximum absolute atomic E-state index is 5.71. The minimum Gasteiger partial charge on any atom is -0.489 e. The van der Waals surface area contributed by atoms with Crippen LogP contribution in [0, 0.1) is 5.92 Å². The van der Waals surface area contributed by atoms with Crippen molar-refractivity contribution in [1.82, 2.24) is 15.1 Å². The number of rotatable bonds is 6. The molecular weight excluding hydrogens is 238 g/mol. The molecule has 2 unspecified atom stereocenters. The molecule has 2 rings (SSSR count). The molecule has 0 saturated heterocycles. The first kappa shape index (κ1) is 14.4. The lowest BCUT2D eigenvalue weighted by Gasteiger charge is -2.27. The number of nitrogens with zero attached hydrogens (tertiary/aromatic N) is 2. The summed E-state index contributed by atoms with van der Waals surface area (Å²) in [7, 11) is 0. The molecule has 0 radical (unpaired) electrons. The third kappa shape index (κ3) is 4.53. The smallest absolute Gasteiger partial charge is 0.157 e. The Balaban J connectivity index is 1.63. The van der Waals surface area contributed by atoms with Gasteiger partial charge in [0.15, 0.2) is 5.75 Å². The van der Waals surface area contributed by atoms with E-state index in [4.69, 9.17) is 4.74 Å². The summed E-state index contributed by atoms with van der Waals surface area (Å²) in [6.45, 7) is 8.22. The number of aromatic nitrogens is 2. The number of nitrogens with one attached hydrogen (secondary N) is 1. The van der Waals surface area contributed by atoms with E-state index in [1.54, 1.807) is 6.20 Å². The normalized spacial score (nSPS) is 23.8. The molecule has 1 aromatic heterocycles. The summed E-state index contributed by atoms with van der Waals surface area (Å²) in [4.78, 5) is 0. The molecule has 0 bridgehead atoms. The predicted molar refractivity (Wildman–Crippen MR) is 77.5 cm³/mol. The van der Waals surface area contributed by atoms with Crippen LogP contribution < -0.4 is 10.1 Å². The van der Waals surface area contributed by atoms with Gasteiger partial charge in [0.25, 0.3) is 0 Å². The quantitative estimate of drug-likeness (QED) is 0.804. The zero-order chi connectivity index (χ0) is 13.7. The highest BCUT2D eigenvalue weighted by atomic mass is 16.5. The van der Waals surface area contributed by atoms with Gasteiger partial charge in [-0.15, -0.1) is 0 Å². The van der Waals surface area contributed by atoms with Gasteiger partial charge in [0.2, 0.25) is 0 Å². The first-order valence-corrected chi connectivity index (χ1v) is 7.55. The van der Waals surface area contributed by atoms with Crippen molar-refractivity contribution < 1.29 is 4.74 Å². The van der Waals surface area contributed by atoms with Crippen molar-refractivity contribution in [3.05, 3.63) is 12.4 Å². The Kier molecular flexibility index (Phi) is 5.25. The van der Waals surface area contributed by atoms with Gasteiger partial charge < -0.3 is 10.1 Å². The molecule has 1 aliphatic carbocycles. The van der Waals surface area contributed by atoms with Crippen molar-refractivity contribution in [3.8, 4) is 5.75 Å². The van der Waals surface area contributed by atoms with Gasteiger partial charge in [-0.1, -0.05) is 19.8 Å². The van der Waals surface area contributed by atoms with Crippen LogP contribution in [0.25, 0.3) is 0 Å². The Morgan fingerprint density at radius 2 is 2.32 bits per heavy atom. The zero-order valence-corrected chi connectivity index (χ0v) is 12.4. The molecule has 1 aliphatic rings. The molecular formula is C15H27N3O. The number of hydrogen-bond acceptors (Lipinski definition) is 3. The molecule has 1 heterocycles. The highest BCUT2D eigenvalue weighted by molar-refractivity contribution is 5.11. The molecule has 1 N–H and O–H groups in total. The van der Waals surface area contributed by atoms with Crippen LogP contribution in [0.15, 0.2) is 12.4 Å². The second-order valence-electron chi connectivity index (χ2n) is 6.02. The second-order valence-corrected chi connectivity index (χ2v) is 6.02. The lowest BCUT2D eigenvalue weighted by Crippen LogP contribution is -2.36. The Hall–Kier alpha value is -1.03. The van der Waals surface area contributed by atoms with Crippen LogP contribution in [0.3, 0.4) is 0 Å². The molecule has 108 valence electrons. The highest BCUT2D eigenvalue weighted by Gasteiger charge is 2.17. The van der Waals surface area contributed by atoms with E-state index in [0.717, 1.165) is 18.2 Å². The Labute approximate surface area is 116 Å². The lowest BCUT2D eigenvalue weighted by atomic mass is 9.87. The van der Waals surface area contributed by atoms with E-state index in [1.165, 1.54) is 25.7 Å². The summed E-state index contributed by atoms with van der Waals surface area (Å²) in [6, 6.07) is 1.07. The highest BCUT2D eigenvalue weighted by Crippen LogP contribution is 2.23. The average Bonchev–Trinajstić information content (AvgIpc) is 2.84. The van der Waals surface area contributed by atoms with E-state index in [2.05, 4.69) is 31.2 Å². The van der Waals surface area contributed by atoms with Crippen LogP contribution in [-0.2, 0) is 0 Å². The van der Waals surface area contributed by atoms with Crippen LogP contribution in [0.2, 0.25) is 0 Å². The van der Waals surface area contributed by atoms with E-state index >= 15 is 0 Å². The minimum absolute atomic E-state index is 0.388. The van der Waals surface area contributed by atoms with E-state index in [1.807, 2.05) is 10.9 Å². The van der Waals surface area contributed by atoms with Crippen LogP contribution >= 0.6 is 0 Å². The van der Waals surface area contributed by atoms with E-state index in [-0.39, 0.29) is 0 Å². The Bertz CT molecular complexity index is 375. The molecule has 1 saturated carbocycles. The molecule has 0 aliphatic heterocycles. The number of hydrogen-bond donors (Lipinski definition) is 1. The first-order valence-electron chi connectivity index (χ1n) is 7.55.